The monoisotopic (exact) mass is 721 g/mol. The third-order valence-electron chi connectivity index (χ3n) is 7.59. The average Bonchev–Trinajstić information content (AvgIpc) is 3.06. The summed E-state index contributed by atoms with van der Waals surface area (Å²) in [5, 5.41) is 3.02. The Kier molecular flexibility index (Phi) is 12.9. The molecule has 0 aromatic heterocycles. The number of carbonyl (C=O) groups excluding carboxylic acids is 2. The molecule has 0 saturated carbocycles. The molecule has 4 aromatic carbocycles. The fourth-order valence-corrected chi connectivity index (χ4v) is 7.28. The molecule has 1 atom stereocenters. The van der Waals surface area contributed by atoms with Gasteiger partial charge in [0.1, 0.15) is 12.6 Å². The van der Waals surface area contributed by atoms with Crippen LogP contribution in [0.1, 0.15) is 36.5 Å². The van der Waals surface area contributed by atoms with E-state index in [1.807, 2.05) is 86.8 Å². The summed E-state index contributed by atoms with van der Waals surface area (Å²) in [5.41, 5.74) is 3.02. The molecule has 10 heteroatoms. The summed E-state index contributed by atoms with van der Waals surface area (Å²) in [6.07, 6.45) is 3.90. The molecule has 4 aromatic rings. The number of sulfonamides is 1. The molecule has 4 rings (SSSR count). The molecule has 0 unspecified atom stereocenters. The molecular formula is C36H40BrN3O4S2. The lowest BCUT2D eigenvalue weighted by atomic mass is 10.0. The van der Waals surface area contributed by atoms with Gasteiger partial charge in [-0.1, -0.05) is 89.4 Å². The zero-order valence-corrected chi connectivity index (χ0v) is 29.6. The fraction of sp³-hybridized carbons (Fsp3) is 0.278. The summed E-state index contributed by atoms with van der Waals surface area (Å²) in [6.45, 7) is 4.07. The van der Waals surface area contributed by atoms with E-state index in [9.17, 15) is 18.0 Å². The Hall–Kier alpha value is -3.60. The minimum absolute atomic E-state index is 0.0790. The zero-order valence-electron chi connectivity index (χ0n) is 26.4. The van der Waals surface area contributed by atoms with Gasteiger partial charge >= 0.3 is 0 Å². The highest BCUT2D eigenvalue weighted by atomic mass is 79.9. The highest BCUT2D eigenvalue weighted by Gasteiger charge is 2.34. The minimum atomic E-state index is -4.15. The van der Waals surface area contributed by atoms with E-state index >= 15 is 0 Å². The van der Waals surface area contributed by atoms with Gasteiger partial charge in [0.05, 0.1) is 10.6 Å². The molecule has 0 spiro atoms. The van der Waals surface area contributed by atoms with Crippen molar-refractivity contribution in [2.75, 3.05) is 23.7 Å². The maximum Gasteiger partial charge on any atom is 0.264 e. The van der Waals surface area contributed by atoms with Crippen molar-refractivity contribution in [3.8, 4) is 0 Å². The molecule has 1 N–H and O–H groups in total. The van der Waals surface area contributed by atoms with Crippen LogP contribution in [0.15, 0.2) is 117 Å². The van der Waals surface area contributed by atoms with Gasteiger partial charge < -0.3 is 10.2 Å². The standard InChI is InChI=1S/C36H40BrN3O4S2/c1-4-5-22-38-36(42)34(24-28-10-7-6-8-11-28)39(25-29-12-9-13-30(37)23-29)35(41)26-40(31-16-14-27(2)15-17-31)46(43,44)33-20-18-32(45-3)19-21-33/h6-21,23,34H,4-5,22,24-26H2,1-3H3,(H,38,42)/t34-/m1/s1. The average molecular weight is 723 g/mol. The Morgan fingerprint density at radius 3 is 2.20 bits per heavy atom. The molecule has 0 bridgehead atoms. The third-order valence-corrected chi connectivity index (χ3v) is 10.6. The van der Waals surface area contributed by atoms with E-state index in [0.29, 0.717) is 12.2 Å². The Balaban J connectivity index is 1.78. The summed E-state index contributed by atoms with van der Waals surface area (Å²) in [4.78, 5) is 30.9. The van der Waals surface area contributed by atoms with Crippen molar-refractivity contribution in [3.05, 3.63) is 124 Å². The molecule has 0 radical (unpaired) electrons. The molecule has 242 valence electrons. The van der Waals surface area contributed by atoms with Gasteiger partial charge in [-0.2, -0.15) is 0 Å². The van der Waals surface area contributed by atoms with Crippen molar-refractivity contribution in [3.63, 3.8) is 0 Å². The van der Waals surface area contributed by atoms with Crippen molar-refractivity contribution in [2.45, 2.75) is 55.5 Å². The largest absolute Gasteiger partial charge is 0.354 e. The van der Waals surface area contributed by atoms with E-state index in [4.69, 9.17) is 0 Å². The molecule has 2 amide bonds. The Morgan fingerprint density at radius 2 is 1.57 bits per heavy atom. The second kappa shape index (κ2) is 16.8. The van der Waals surface area contributed by atoms with Gasteiger partial charge in [0.2, 0.25) is 11.8 Å². The number of benzene rings is 4. The molecule has 0 heterocycles. The number of hydrogen-bond acceptors (Lipinski definition) is 5. The Bertz CT molecular complexity index is 1700. The van der Waals surface area contributed by atoms with Crippen LogP contribution in [0.4, 0.5) is 5.69 Å². The first-order chi connectivity index (χ1) is 22.1. The molecule has 0 saturated heterocycles. The number of carbonyl (C=O) groups is 2. The van der Waals surface area contributed by atoms with Crippen LogP contribution >= 0.6 is 27.7 Å². The summed E-state index contributed by atoms with van der Waals surface area (Å²) in [7, 11) is -4.15. The van der Waals surface area contributed by atoms with Gasteiger partial charge in [-0.25, -0.2) is 8.42 Å². The van der Waals surface area contributed by atoms with Crippen LogP contribution in [0.25, 0.3) is 0 Å². The van der Waals surface area contributed by atoms with Crippen molar-refractivity contribution in [1.29, 1.82) is 0 Å². The summed E-state index contributed by atoms with van der Waals surface area (Å²) in [6, 6.07) is 29.9. The number of rotatable bonds is 15. The lowest BCUT2D eigenvalue weighted by molar-refractivity contribution is -0.140. The van der Waals surface area contributed by atoms with Crippen LogP contribution < -0.4 is 9.62 Å². The summed E-state index contributed by atoms with van der Waals surface area (Å²) in [5.74, 6) is -0.769. The highest BCUT2D eigenvalue weighted by Crippen LogP contribution is 2.27. The van der Waals surface area contributed by atoms with Crippen LogP contribution in [-0.2, 0) is 32.6 Å². The quantitative estimate of drug-likeness (QED) is 0.103. The number of aryl methyl sites for hydroxylation is 1. The smallest absolute Gasteiger partial charge is 0.264 e. The second-order valence-corrected chi connectivity index (χ2v) is 14.7. The first kappa shape index (κ1) is 35.3. The zero-order chi connectivity index (χ0) is 33.1. The van der Waals surface area contributed by atoms with E-state index in [1.54, 1.807) is 36.4 Å². The van der Waals surface area contributed by atoms with Crippen LogP contribution in [0.3, 0.4) is 0 Å². The molecule has 7 nitrogen and oxygen atoms in total. The van der Waals surface area contributed by atoms with E-state index in [0.717, 1.165) is 43.2 Å². The normalized spacial score (nSPS) is 11.9. The topological polar surface area (TPSA) is 86.8 Å². The number of thioether (sulfide) groups is 1. The van der Waals surface area contributed by atoms with Gasteiger partial charge in [-0.15, -0.1) is 11.8 Å². The van der Waals surface area contributed by atoms with Gasteiger partial charge in [0.15, 0.2) is 0 Å². The Labute approximate surface area is 285 Å². The molecular weight excluding hydrogens is 682 g/mol. The summed E-state index contributed by atoms with van der Waals surface area (Å²) >= 11 is 5.03. The molecule has 0 aliphatic heterocycles. The van der Waals surface area contributed by atoms with Crippen molar-refractivity contribution in [1.82, 2.24) is 10.2 Å². The fourth-order valence-electron chi connectivity index (χ4n) is 5.01. The van der Waals surface area contributed by atoms with E-state index < -0.39 is 28.5 Å². The van der Waals surface area contributed by atoms with Crippen molar-refractivity contribution in [2.24, 2.45) is 0 Å². The van der Waals surface area contributed by atoms with Gasteiger partial charge in [0.25, 0.3) is 10.0 Å². The molecule has 0 fully saturated rings. The first-order valence-electron chi connectivity index (χ1n) is 15.2. The van der Waals surface area contributed by atoms with Gasteiger partial charge in [0, 0.05) is 28.9 Å². The lowest BCUT2D eigenvalue weighted by Gasteiger charge is -2.34. The number of halogens is 1. The first-order valence-corrected chi connectivity index (χ1v) is 18.7. The number of amides is 2. The van der Waals surface area contributed by atoms with Crippen LogP contribution in [0.5, 0.6) is 0 Å². The Morgan fingerprint density at radius 1 is 0.891 bits per heavy atom. The number of anilines is 1. The predicted molar refractivity (Wildman–Crippen MR) is 190 cm³/mol. The molecule has 0 aliphatic carbocycles. The lowest BCUT2D eigenvalue weighted by Crippen LogP contribution is -2.53. The second-order valence-electron chi connectivity index (χ2n) is 11.0. The number of nitrogens with one attached hydrogen (secondary N) is 1. The van der Waals surface area contributed by atoms with Crippen LogP contribution in [0.2, 0.25) is 0 Å². The van der Waals surface area contributed by atoms with Gasteiger partial charge in [-0.3, -0.25) is 13.9 Å². The number of unbranched alkanes of at least 4 members (excludes halogenated alkanes) is 1. The third kappa shape index (κ3) is 9.47. The molecule has 46 heavy (non-hydrogen) atoms. The van der Waals surface area contributed by atoms with Crippen LogP contribution in [0, 0.1) is 6.92 Å². The van der Waals surface area contributed by atoms with Crippen molar-refractivity contribution < 1.29 is 18.0 Å². The highest BCUT2D eigenvalue weighted by molar-refractivity contribution is 9.10. The number of nitrogens with zero attached hydrogens (tertiary/aromatic N) is 2. The predicted octanol–water partition coefficient (Wildman–Crippen LogP) is 7.23. The maximum atomic E-state index is 14.6. The SMILES string of the molecule is CCCCNC(=O)[C@@H](Cc1ccccc1)N(Cc1cccc(Br)c1)C(=O)CN(c1ccc(C)cc1)S(=O)(=O)c1ccc(SC)cc1. The van der Waals surface area contributed by atoms with Gasteiger partial charge in [-0.05, 0) is 79.3 Å². The molecule has 0 aliphatic rings. The summed E-state index contributed by atoms with van der Waals surface area (Å²) < 4.78 is 30.4. The number of hydrogen-bond donors (Lipinski definition) is 1. The van der Waals surface area contributed by atoms with E-state index in [-0.39, 0.29) is 23.8 Å². The van der Waals surface area contributed by atoms with E-state index in [1.165, 1.54) is 16.7 Å². The van der Waals surface area contributed by atoms with E-state index in [2.05, 4.69) is 21.2 Å². The minimum Gasteiger partial charge on any atom is -0.354 e. The van der Waals surface area contributed by atoms with Crippen molar-refractivity contribution >= 4 is 55.2 Å². The maximum absolute atomic E-state index is 14.6. The van der Waals surface area contributed by atoms with Crippen LogP contribution in [-0.4, -0.2) is 50.5 Å².